The number of carbonyl (C=O) groups excluding carboxylic acids is 2. The molecule has 1 aliphatic heterocycles. The number of aromatic nitrogens is 1. The summed E-state index contributed by atoms with van der Waals surface area (Å²) in [6.45, 7) is 0. The lowest BCUT2D eigenvalue weighted by atomic mass is 10.1. The van der Waals surface area contributed by atoms with Gasteiger partial charge in [0.15, 0.2) is 5.76 Å². The van der Waals surface area contributed by atoms with Crippen molar-refractivity contribution in [2.24, 2.45) is 0 Å². The van der Waals surface area contributed by atoms with Crippen LogP contribution in [0.4, 0.5) is 0 Å². The van der Waals surface area contributed by atoms with Crippen molar-refractivity contribution >= 4 is 33.8 Å². The number of esters is 1. The lowest BCUT2D eigenvalue weighted by molar-refractivity contribution is -0.134. The molecule has 0 N–H and O–H groups in total. The Morgan fingerprint density at radius 2 is 2.03 bits per heavy atom. The Bertz CT molecular complexity index is 1150. The van der Waals surface area contributed by atoms with Gasteiger partial charge in [0, 0.05) is 23.0 Å². The Hall–Kier alpha value is -3.39. The topological polar surface area (TPSA) is 87.9 Å². The van der Waals surface area contributed by atoms with E-state index in [2.05, 4.69) is 21.1 Å². The highest BCUT2D eigenvalue weighted by molar-refractivity contribution is 9.10. The van der Waals surface area contributed by atoms with E-state index in [0.717, 1.165) is 10.0 Å². The zero-order valence-electron chi connectivity index (χ0n) is 15.9. The second kappa shape index (κ2) is 8.54. The molecular weight excluding hydrogens is 454 g/mol. The number of benzene rings is 2. The van der Waals surface area contributed by atoms with E-state index >= 15 is 0 Å². The molecule has 0 saturated heterocycles. The minimum atomic E-state index is -0.446. The molecule has 0 atom stereocenters. The molecule has 0 unspecified atom stereocenters. The van der Waals surface area contributed by atoms with Gasteiger partial charge in [0.25, 0.3) is 5.88 Å². The highest BCUT2D eigenvalue weighted by Gasteiger charge is 2.28. The summed E-state index contributed by atoms with van der Waals surface area (Å²) < 4.78 is 21.9. The van der Waals surface area contributed by atoms with Crippen LogP contribution in [0.5, 0.6) is 17.4 Å². The number of nitrogens with zero attached hydrogens (tertiary/aromatic N) is 1. The van der Waals surface area contributed by atoms with Crippen LogP contribution in [0.2, 0.25) is 0 Å². The first-order valence-electron chi connectivity index (χ1n) is 9.06. The van der Waals surface area contributed by atoms with Crippen LogP contribution in [-0.2, 0) is 11.2 Å². The highest BCUT2D eigenvalue weighted by atomic mass is 79.9. The molecule has 3 aromatic rings. The average molecular weight is 470 g/mol. The van der Waals surface area contributed by atoms with Crippen molar-refractivity contribution < 1.29 is 28.3 Å². The number of ketones is 1. The van der Waals surface area contributed by atoms with Gasteiger partial charge in [-0.25, -0.2) is 0 Å². The third kappa shape index (κ3) is 4.28. The van der Waals surface area contributed by atoms with Crippen molar-refractivity contribution in [2.45, 2.75) is 12.8 Å². The quantitative estimate of drug-likeness (QED) is 0.296. The third-order valence-corrected chi connectivity index (χ3v) is 5.11. The van der Waals surface area contributed by atoms with Crippen molar-refractivity contribution in [3.8, 4) is 17.4 Å². The summed E-state index contributed by atoms with van der Waals surface area (Å²) >= 11 is 3.45. The van der Waals surface area contributed by atoms with Gasteiger partial charge >= 0.3 is 5.97 Å². The summed E-state index contributed by atoms with van der Waals surface area (Å²) in [6, 6.07) is 13.8. The predicted molar refractivity (Wildman–Crippen MR) is 111 cm³/mol. The maximum absolute atomic E-state index is 12.6. The number of fused-ring (bicyclic) bond motifs is 1. The van der Waals surface area contributed by atoms with Crippen LogP contribution in [0.25, 0.3) is 6.08 Å². The lowest BCUT2D eigenvalue weighted by Gasteiger charge is -2.05. The van der Waals surface area contributed by atoms with E-state index in [1.54, 1.807) is 24.3 Å². The van der Waals surface area contributed by atoms with E-state index < -0.39 is 5.97 Å². The van der Waals surface area contributed by atoms with Crippen molar-refractivity contribution in [3.63, 3.8) is 0 Å². The van der Waals surface area contributed by atoms with E-state index in [-0.39, 0.29) is 18.0 Å². The smallest absolute Gasteiger partial charge is 0.311 e. The average Bonchev–Trinajstić information content (AvgIpc) is 3.32. The van der Waals surface area contributed by atoms with Crippen LogP contribution < -0.4 is 14.2 Å². The van der Waals surface area contributed by atoms with Gasteiger partial charge < -0.3 is 18.7 Å². The zero-order valence-corrected chi connectivity index (χ0v) is 17.5. The number of rotatable bonds is 6. The second-order valence-corrected chi connectivity index (χ2v) is 7.28. The van der Waals surface area contributed by atoms with Gasteiger partial charge in [-0.2, -0.15) is 0 Å². The molecule has 152 valence electrons. The Labute approximate surface area is 180 Å². The van der Waals surface area contributed by atoms with Gasteiger partial charge in [0.2, 0.25) is 5.78 Å². The molecule has 0 saturated carbocycles. The third-order valence-electron chi connectivity index (χ3n) is 4.39. The number of hydrogen-bond donors (Lipinski definition) is 0. The van der Waals surface area contributed by atoms with Crippen LogP contribution in [0.15, 0.2) is 63.3 Å². The molecule has 7 nitrogen and oxygen atoms in total. The fraction of sp³-hybridized carbons (Fsp3) is 0.136. The van der Waals surface area contributed by atoms with Crippen molar-refractivity contribution in [1.82, 2.24) is 5.16 Å². The Kier molecular flexibility index (Phi) is 5.67. The van der Waals surface area contributed by atoms with E-state index in [0.29, 0.717) is 35.1 Å². The fourth-order valence-electron chi connectivity index (χ4n) is 2.88. The number of hydrogen-bond acceptors (Lipinski definition) is 7. The number of allylic oxidation sites excluding steroid dienone is 1. The molecule has 0 amide bonds. The normalized spacial score (nSPS) is 13.8. The predicted octanol–water partition coefficient (Wildman–Crippen LogP) is 4.60. The van der Waals surface area contributed by atoms with Gasteiger partial charge in [0.05, 0.1) is 19.1 Å². The van der Waals surface area contributed by atoms with Gasteiger partial charge in [-0.1, -0.05) is 34.1 Å². The maximum atomic E-state index is 12.6. The minimum absolute atomic E-state index is 0.0996. The second-order valence-electron chi connectivity index (χ2n) is 6.43. The first-order chi connectivity index (χ1) is 14.5. The number of methoxy groups -OCH3 is 1. The summed E-state index contributed by atoms with van der Waals surface area (Å²) in [7, 11) is 1.48. The van der Waals surface area contributed by atoms with Crippen LogP contribution in [0.1, 0.15) is 28.1 Å². The molecule has 30 heavy (non-hydrogen) atoms. The van der Waals surface area contributed by atoms with Gasteiger partial charge in [-0.05, 0) is 35.0 Å². The molecule has 8 heteroatoms. The molecule has 2 heterocycles. The SMILES string of the molecule is COc1cc(CCC(=O)Oc2ccc3c(c2)O/C(=C\c2ccccc2Br)C3=O)on1. The van der Waals surface area contributed by atoms with Crippen LogP contribution in [0.3, 0.4) is 0 Å². The maximum Gasteiger partial charge on any atom is 0.311 e. The van der Waals surface area contributed by atoms with E-state index in [4.69, 9.17) is 18.7 Å². The van der Waals surface area contributed by atoms with Gasteiger partial charge in [-0.3, -0.25) is 9.59 Å². The molecule has 0 fully saturated rings. The van der Waals surface area contributed by atoms with E-state index in [1.165, 1.54) is 13.2 Å². The van der Waals surface area contributed by atoms with E-state index in [9.17, 15) is 9.59 Å². The highest BCUT2D eigenvalue weighted by Crippen LogP contribution is 2.35. The first-order valence-corrected chi connectivity index (χ1v) is 9.86. The summed E-state index contributed by atoms with van der Waals surface area (Å²) in [5.74, 6) is 1.06. The molecule has 0 bridgehead atoms. The van der Waals surface area contributed by atoms with Crippen LogP contribution >= 0.6 is 15.9 Å². The van der Waals surface area contributed by atoms with Crippen molar-refractivity contribution in [1.29, 1.82) is 0 Å². The van der Waals surface area contributed by atoms with Gasteiger partial charge in [0.1, 0.15) is 17.3 Å². The molecule has 2 aromatic carbocycles. The summed E-state index contributed by atoms with van der Waals surface area (Å²) in [6.07, 6.45) is 2.10. The van der Waals surface area contributed by atoms with Crippen LogP contribution in [0, 0.1) is 0 Å². The minimum Gasteiger partial charge on any atom is -0.479 e. The lowest BCUT2D eigenvalue weighted by Crippen LogP contribution is -2.08. The largest absolute Gasteiger partial charge is 0.479 e. The molecule has 0 aliphatic carbocycles. The number of carbonyl (C=O) groups is 2. The summed E-state index contributed by atoms with van der Waals surface area (Å²) in [5.41, 5.74) is 1.24. The number of halogens is 1. The molecule has 0 radical (unpaired) electrons. The first kappa shape index (κ1) is 19.9. The molecule has 1 aromatic heterocycles. The Morgan fingerprint density at radius 1 is 1.20 bits per heavy atom. The van der Waals surface area contributed by atoms with E-state index in [1.807, 2.05) is 24.3 Å². The zero-order chi connectivity index (χ0) is 21.1. The fourth-order valence-corrected chi connectivity index (χ4v) is 3.28. The number of aryl methyl sites for hydroxylation is 1. The van der Waals surface area contributed by atoms with Crippen LogP contribution in [-0.4, -0.2) is 24.0 Å². The monoisotopic (exact) mass is 469 g/mol. The Balaban J connectivity index is 1.42. The number of Topliss-reactive ketones (excluding diaryl/α,β-unsaturated/α-hetero) is 1. The summed E-state index contributed by atoms with van der Waals surface area (Å²) in [5, 5.41) is 3.68. The molecule has 1 aliphatic rings. The molecule has 0 spiro atoms. The molecular formula is C22H16BrNO6. The Morgan fingerprint density at radius 3 is 2.80 bits per heavy atom. The van der Waals surface area contributed by atoms with Gasteiger partial charge in [-0.15, -0.1) is 0 Å². The molecule has 4 rings (SSSR count). The summed E-state index contributed by atoms with van der Waals surface area (Å²) in [4.78, 5) is 24.7. The number of ether oxygens (including phenoxy) is 3. The standard InChI is InChI=1S/C22H16BrNO6/c1-27-20-12-15(30-24-20)7-9-21(25)28-14-6-8-16-18(11-14)29-19(22(16)26)10-13-4-2-3-5-17(13)23/h2-6,8,10-12H,7,9H2,1H3/b19-10-. The van der Waals surface area contributed by atoms with Crippen molar-refractivity contribution in [3.05, 3.63) is 75.6 Å². The van der Waals surface area contributed by atoms with Crippen molar-refractivity contribution in [2.75, 3.05) is 7.11 Å².